The second-order valence-corrected chi connectivity index (χ2v) is 12.5. The first-order valence-electron chi connectivity index (χ1n) is 14.7. The molecule has 1 aromatic heterocycles. The van der Waals surface area contributed by atoms with E-state index in [1.165, 1.54) is 36.5 Å². The van der Waals surface area contributed by atoms with Gasteiger partial charge in [-0.2, -0.15) is 0 Å². The number of thioether (sulfide) groups is 2. The highest BCUT2D eigenvalue weighted by molar-refractivity contribution is 8.13. The molecule has 0 aliphatic carbocycles. The Morgan fingerprint density at radius 3 is 2.59 bits per heavy atom. The molecule has 0 saturated heterocycles. The zero-order chi connectivity index (χ0) is 33.1. The molecule has 240 valence electrons. The van der Waals surface area contributed by atoms with Crippen molar-refractivity contribution in [3.63, 3.8) is 0 Å². The number of pyridine rings is 1. The van der Waals surface area contributed by atoms with E-state index in [-0.39, 0.29) is 35.9 Å². The number of esters is 1. The number of fused-ring (bicyclic) bond motifs is 3. The van der Waals surface area contributed by atoms with Gasteiger partial charge in [0.25, 0.3) is 11.8 Å². The highest BCUT2D eigenvalue weighted by Crippen LogP contribution is 2.22. The van der Waals surface area contributed by atoms with Crippen molar-refractivity contribution < 1.29 is 28.7 Å². The molecule has 2 heterocycles. The largest absolute Gasteiger partial charge is 0.456 e. The van der Waals surface area contributed by atoms with Crippen LogP contribution in [0.5, 0.6) is 0 Å². The lowest BCUT2D eigenvalue weighted by Gasteiger charge is -2.23. The minimum Gasteiger partial charge on any atom is -0.456 e. The number of allylic oxidation sites excluding steroid dienone is 2. The van der Waals surface area contributed by atoms with E-state index in [1.54, 1.807) is 37.5 Å². The number of aromatic nitrogens is 1. The van der Waals surface area contributed by atoms with Crippen molar-refractivity contribution in [1.82, 2.24) is 20.9 Å². The summed E-state index contributed by atoms with van der Waals surface area (Å²) in [6.07, 6.45) is 6.12. The van der Waals surface area contributed by atoms with Crippen molar-refractivity contribution in [3.8, 4) is 0 Å². The smallest absolute Gasteiger partial charge is 0.329 e. The van der Waals surface area contributed by atoms with Crippen LogP contribution in [0.4, 0.5) is 0 Å². The lowest BCUT2D eigenvalue weighted by molar-refractivity contribution is -0.151. The zero-order valence-corrected chi connectivity index (χ0v) is 27.5. The monoisotopic (exact) mass is 660 g/mol. The molecule has 3 N–H and O–H groups in total. The van der Waals surface area contributed by atoms with Crippen LogP contribution < -0.4 is 16.0 Å². The van der Waals surface area contributed by atoms with Gasteiger partial charge < -0.3 is 20.7 Å². The summed E-state index contributed by atoms with van der Waals surface area (Å²) in [5.41, 5.74) is 1.29. The lowest BCUT2D eigenvalue weighted by atomic mass is 9.98. The quantitative estimate of drug-likeness (QED) is 0.110. The third-order valence-corrected chi connectivity index (χ3v) is 8.70. The van der Waals surface area contributed by atoms with Crippen LogP contribution in [0.1, 0.15) is 48.4 Å². The Hall–Kier alpha value is -4.42. The van der Waals surface area contributed by atoms with Gasteiger partial charge in [0.1, 0.15) is 23.5 Å². The van der Waals surface area contributed by atoms with Gasteiger partial charge in [0.2, 0.25) is 5.91 Å². The summed E-state index contributed by atoms with van der Waals surface area (Å²) in [4.78, 5) is 70.1. The van der Waals surface area contributed by atoms with E-state index in [9.17, 15) is 24.0 Å². The molecule has 3 aromatic rings. The Kier molecular flexibility index (Phi) is 12.6. The molecule has 10 nitrogen and oxygen atoms in total. The Morgan fingerprint density at radius 1 is 1.04 bits per heavy atom. The number of carbonyl (C=O) groups excluding carboxylic acids is 5. The number of hydrogen-bond acceptors (Lipinski definition) is 9. The molecule has 3 amide bonds. The van der Waals surface area contributed by atoms with E-state index in [0.29, 0.717) is 22.8 Å². The lowest BCUT2D eigenvalue weighted by Crippen LogP contribution is -2.47. The number of nitrogens with zero attached hydrogens (tertiary/aromatic N) is 1. The minimum atomic E-state index is -1.16. The first kappa shape index (κ1) is 34.5. The molecule has 12 heteroatoms. The first-order valence-corrected chi connectivity index (χ1v) is 17.0. The molecule has 2 atom stereocenters. The SMILES string of the molecule is C/C=C1/NC(=O)c2nc(ccc2SC)CNC(=O)C[C@@H](/C=C/CCSC(C)=O)OC(=O)[C@H](Cc2cccc3ccccc23)NC1=O. The fourth-order valence-electron chi connectivity index (χ4n) is 4.82. The van der Waals surface area contributed by atoms with E-state index in [1.807, 2.05) is 42.5 Å². The highest BCUT2D eigenvalue weighted by Gasteiger charge is 2.29. The summed E-state index contributed by atoms with van der Waals surface area (Å²) in [7, 11) is 0. The minimum absolute atomic E-state index is 0.00467. The number of carbonyl (C=O) groups is 5. The second kappa shape index (κ2) is 16.8. The van der Waals surface area contributed by atoms with E-state index in [2.05, 4.69) is 20.9 Å². The summed E-state index contributed by atoms with van der Waals surface area (Å²) in [6, 6.07) is 15.7. The van der Waals surface area contributed by atoms with Gasteiger partial charge in [-0.15, -0.1) is 11.8 Å². The predicted octanol–water partition coefficient (Wildman–Crippen LogP) is 4.48. The number of nitrogens with one attached hydrogen (secondary N) is 3. The van der Waals surface area contributed by atoms with E-state index in [0.717, 1.165) is 16.3 Å². The molecule has 0 unspecified atom stereocenters. The van der Waals surface area contributed by atoms with Crippen molar-refractivity contribution in [2.75, 3.05) is 12.0 Å². The maximum absolute atomic E-state index is 13.8. The summed E-state index contributed by atoms with van der Waals surface area (Å²) in [6.45, 7) is 3.13. The van der Waals surface area contributed by atoms with Crippen LogP contribution in [-0.2, 0) is 36.9 Å². The van der Waals surface area contributed by atoms with Crippen LogP contribution in [0.25, 0.3) is 10.8 Å². The third kappa shape index (κ3) is 9.54. The number of benzene rings is 2. The molecule has 0 fully saturated rings. The maximum atomic E-state index is 13.8. The third-order valence-electron chi connectivity index (χ3n) is 7.09. The Balaban J connectivity index is 1.70. The molecular formula is C34H36N4O6S2. The molecule has 2 aromatic carbocycles. The van der Waals surface area contributed by atoms with E-state index >= 15 is 0 Å². The van der Waals surface area contributed by atoms with Gasteiger partial charge in [-0.1, -0.05) is 66.4 Å². The summed E-state index contributed by atoms with van der Waals surface area (Å²) in [5, 5.41) is 10.0. The Labute approximate surface area is 276 Å². The van der Waals surface area contributed by atoms with Crippen molar-refractivity contribution >= 4 is 63.1 Å². The fourth-order valence-corrected chi connectivity index (χ4v) is 5.89. The maximum Gasteiger partial charge on any atom is 0.329 e. The molecule has 0 saturated carbocycles. The van der Waals surface area contributed by atoms with Gasteiger partial charge in [-0.05, 0) is 54.1 Å². The molecule has 1 aliphatic heterocycles. The van der Waals surface area contributed by atoms with Crippen LogP contribution in [0, 0.1) is 0 Å². The first-order chi connectivity index (χ1) is 22.2. The van der Waals surface area contributed by atoms with Crippen molar-refractivity contribution in [3.05, 3.63) is 95.5 Å². The van der Waals surface area contributed by atoms with Crippen molar-refractivity contribution in [2.45, 2.75) is 56.7 Å². The van der Waals surface area contributed by atoms with Crippen molar-refractivity contribution in [1.29, 1.82) is 0 Å². The van der Waals surface area contributed by atoms with Crippen LogP contribution in [0.15, 0.2) is 83.4 Å². The van der Waals surface area contributed by atoms with Crippen molar-refractivity contribution in [2.24, 2.45) is 0 Å². The van der Waals surface area contributed by atoms with Crippen LogP contribution in [0.3, 0.4) is 0 Å². The van der Waals surface area contributed by atoms with Crippen LogP contribution in [0.2, 0.25) is 0 Å². The van der Waals surface area contributed by atoms with Gasteiger partial charge >= 0.3 is 5.97 Å². The van der Waals surface area contributed by atoms with E-state index < -0.39 is 35.8 Å². The topological polar surface area (TPSA) is 144 Å². The summed E-state index contributed by atoms with van der Waals surface area (Å²) < 4.78 is 5.86. The standard InChI is InChI=1S/C34H36N4O6S2/c1-4-27-32(41)38-28(18-23-12-9-11-22-10-5-6-14-26(22)23)34(43)44-25(13-7-8-17-46-21(2)39)19-30(40)35-20-24-15-16-29(45-3)31(36-24)33(42)37-27/h4-7,9-16,25,28H,8,17-20H2,1-3H3,(H,35,40)(H,37,42)(H,38,41)/b13-7+,27-4+/t25-,28+/m1/s1. The number of ether oxygens (including phenoxy) is 1. The fraction of sp³-hybridized carbons (Fsp3) is 0.294. The van der Waals surface area contributed by atoms with Gasteiger partial charge in [0.15, 0.2) is 5.12 Å². The van der Waals surface area contributed by atoms with E-state index in [4.69, 9.17) is 4.74 Å². The summed E-state index contributed by atoms with van der Waals surface area (Å²) in [5.74, 6) is -1.89. The predicted molar refractivity (Wildman–Crippen MR) is 180 cm³/mol. The van der Waals surface area contributed by atoms with Gasteiger partial charge in [0, 0.05) is 24.0 Å². The molecule has 46 heavy (non-hydrogen) atoms. The average Bonchev–Trinajstić information content (AvgIpc) is 3.04. The Bertz CT molecular complexity index is 1680. The zero-order valence-electron chi connectivity index (χ0n) is 25.8. The normalized spacial score (nSPS) is 19.1. The average molecular weight is 661 g/mol. The molecule has 0 radical (unpaired) electrons. The number of amides is 3. The highest BCUT2D eigenvalue weighted by atomic mass is 32.2. The molecule has 0 spiro atoms. The van der Waals surface area contributed by atoms with Gasteiger partial charge in [0.05, 0.1) is 18.7 Å². The summed E-state index contributed by atoms with van der Waals surface area (Å²) >= 11 is 2.50. The molecular weight excluding hydrogens is 625 g/mol. The number of hydrogen-bond donors (Lipinski definition) is 3. The Morgan fingerprint density at radius 2 is 1.83 bits per heavy atom. The number of cyclic esters (lactones) is 1. The van der Waals surface area contributed by atoms with Crippen LogP contribution in [-0.4, -0.2) is 57.9 Å². The molecule has 1 aliphatic rings. The molecule has 2 bridgehead atoms. The second-order valence-electron chi connectivity index (χ2n) is 10.4. The van der Waals surface area contributed by atoms with Gasteiger partial charge in [-0.3, -0.25) is 19.2 Å². The number of rotatable bonds is 7. The molecule has 4 rings (SSSR count). The van der Waals surface area contributed by atoms with Crippen LogP contribution >= 0.6 is 23.5 Å². The van der Waals surface area contributed by atoms with Gasteiger partial charge in [-0.25, -0.2) is 9.78 Å².